The third kappa shape index (κ3) is 5.57. The molecule has 1 aromatic carbocycles. The Morgan fingerprint density at radius 1 is 1.24 bits per heavy atom. The number of likely N-dealkylation sites (tertiary alicyclic amines) is 1. The summed E-state index contributed by atoms with van der Waals surface area (Å²) < 4.78 is 5.28. The largest absolute Gasteiger partial charge is 0.497 e. The van der Waals surface area contributed by atoms with Gasteiger partial charge in [-0.05, 0) is 42.0 Å². The monoisotopic (exact) mass is 474 g/mol. The standard InChI is InChI=1S/C23H30N4O5S/c1-23(2,3)18-16(9-6-10-27(18)22(30)31)25-19(28)15-12-17(33-20(15)26-21(24)29)13-7-5-8-14(11-13)32-4/h5,7-8,11-12,16,18H,6,9-10H2,1-4H3,(H,25,28)(H,30,31)(H3,24,26,29)/t16-,18?/m0/s1. The van der Waals surface area contributed by atoms with Crippen molar-refractivity contribution < 1.29 is 24.2 Å². The van der Waals surface area contributed by atoms with Gasteiger partial charge in [0.1, 0.15) is 10.8 Å². The summed E-state index contributed by atoms with van der Waals surface area (Å²) in [4.78, 5) is 38.9. The van der Waals surface area contributed by atoms with Crippen LogP contribution in [0.25, 0.3) is 10.4 Å². The summed E-state index contributed by atoms with van der Waals surface area (Å²) in [5.74, 6) is 0.274. The number of methoxy groups -OCH3 is 1. The van der Waals surface area contributed by atoms with E-state index in [2.05, 4.69) is 10.6 Å². The Morgan fingerprint density at radius 2 is 1.97 bits per heavy atom. The number of ether oxygens (including phenoxy) is 1. The van der Waals surface area contributed by atoms with Gasteiger partial charge >= 0.3 is 12.1 Å². The summed E-state index contributed by atoms with van der Waals surface area (Å²) in [7, 11) is 1.57. The molecule has 0 spiro atoms. The first-order valence-electron chi connectivity index (χ1n) is 10.7. The zero-order valence-corrected chi connectivity index (χ0v) is 20.0. The molecule has 0 radical (unpaired) electrons. The molecular formula is C23H30N4O5S. The summed E-state index contributed by atoms with van der Waals surface area (Å²) in [6.07, 6.45) is 0.304. The number of nitrogens with zero attached hydrogens (tertiary/aromatic N) is 1. The molecule has 5 N–H and O–H groups in total. The molecule has 0 saturated carbocycles. The fourth-order valence-electron chi connectivity index (χ4n) is 4.36. The number of nitrogens with one attached hydrogen (secondary N) is 2. The molecule has 2 aromatic rings. The van der Waals surface area contributed by atoms with E-state index in [9.17, 15) is 19.5 Å². The number of benzene rings is 1. The first-order valence-corrected chi connectivity index (χ1v) is 11.5. The zero-order valence-electron chi connectivity index (χ0n) is 19.2. The highest BCUT2D eigenvalue weighted by Crippen LogP contribution is 2.37. The summed E-state index contributed by atoms with van der Waals surface area (Å²) in [6, 6.07) is 7.53. The fourth-order valence-corrected chi connectivity index (χ4v) is 5.42. The van der Waals surface area contributed by atoms with Crippen LogP contribution in [0.5, 0.6) is 5.75 Å². The van der Waals surface area contributed by atoms with E-state index in [4.69, 9.17) is 10.5 Å². The first kappa shape index (κ1) is 24.4. The molecule has 10 heteroatoms. The highest BCUT2D eigenvalue weighted by atomic mass is 32.1. The number of carboxylic acid groups (broad SMARTS) is 1. The number of carbonyl (C=O) groups excluding carboxylic acids is 2. The van der Waals surface area contributed by atoms with Gasteiger partial charge in [-0.25, -0.2) is 9.59 Å². The van der Waals surface area contributed by atoms with Gasteiger partial charge in [-0.1, -0.05) is 32.9 Å². The van der Waals surface area contributed by atoms with Crippen molar-refractivity contribution in [3.63, 3.8) is 0 Å². The second kappa shape index (κ2) is 9.70. The average molecular weight is 475 g/mol. The van der Waals surface area contributed by atoms with Gasteiger partial charge in [0.2, 0.25) is 0 Å². The summed E-state index contributed by atoms with van der Waals surface area (Å²) >= 11 is 1.23. The minimum atomic E-state index is -0.999. The van der Waals surface area contributed by atoms with Crippen LogP contribution < -0.4 is 21.1 Å². The summed E-state index contributed by atoms with van der Waals surface area (Å²) in [6.45, 7) is 6.31. The molecule has 9 nitrogen and oxygen atoms in total. The lowest BCUT2D eigenvalue weighted by Crippen LogP contribution is -2.61. The normalized spacial score (nSPS) is 18.5. The summed E-state index contributed by atoms with van der Waals surface area (Å²) in [5, 5.41) is 15.6. The van der Waals surface area contributed by atoms with Crippen LogP contribution in [0.4, 0.5) is 14.6 Å². The van der Waals surface area contributed by atoms with Crippen molar-refractivity contribution >= 4 is 34.4 Å². The molecule has 1 unspecified atom stereocenters. The van der Waals surface area contributed by atoms with Gasteiger partial charge in [0.15, 0.2) is 0 Å². The number of anilines is 1. The number of primary amides is 1. The number of hydrogen-bond acceptors (Lipinski definition) is 5. The van der Waals surface area contributed by atoms with Gasteiger partial charge in [0, 0.05) is 11.4 Å². The highest BCUT2D eigenvalue weighted by Gasteiger charge is 2.42. The van der Waals surface area contributed by atoms with Gasteiger partial charge in [-0.3, -0.25) is 10.1 Å². The van der Waals surface area contributed by atoms with Crippen molar-refractivity contribution in [2.45, 2.75) is 45.7 Å². The smallest absolute Gasteiger partial charge is 0.407 e. The quantitative estimate of drug-likeness (QED) is 0.515. The predicted octanol–water partition coefficient (Wildman–Crippen LogP) is 4.20. The Kier molecular flexibility index (Phi) is 7.16. The number of urea groups is 1. The van der Waals surface area contributed by atoms with Crippen molar-refractivity contribution in [2.24, 2.45) is 11.1 Å². The third-order valence-electron chi connectivity index (χ3n) is 5.65. The topological polar surface area (TPSA) is 134 Å². The Bertz CT molecular complexity index is 1050. The minimum absolute atomic E-state index is 0.275. The van der Waals surface area contributed by atoms with Crippen molar-refractivity contribution in [3.05, 3.63) is 35.9 Å². The van der Waals surface area contributed by atoms with Gasteiger partial charge in [0.25, 0.3) is 5.91 Å². The van der Waals surface area contributed by atoms with E-state index < -0.39 is 24.1 Å². The summed E-state index contributed by atoms with van der Waals surface area (Å²) in [5.41, 5.74) is 6.05. The highest BCUT2D eigenvalue weighted by molar-refractivity contribution is 7.20. The van der Waals surface area contributed by atoms with E-state index >= 15 is 0 Å². The molecule has 0 aliphatic carbocycles. The van der Waals surface area contributed by atoms with Crippen LogP contribution in [0.2, 0.25) is 0 Å². The van der Waals surface area contributed by atoms with Crippen LogP contribution in [0.3, 0.4) is 0 Å². The van der Waals surface area contributed by atoms with Crippen LogP contribution in [0, 0.1) is 5.41 Å². The van der Waals surface area contributed by atoms with Crippen LogP contribution in [0.1, 0.15) is 44.0 Å². The van der Waals surface area contributed by atoms with E-state index in [0.717, 1.165) is 10.4 Å². The number of thiophene rings is 1. The van der Waals surface area contributed by atoms with Gasteiger partial charge in [-0.15, -0.1) is 11.3 Å². The maximum Gasteiger partial charge on any atom is 0.407 e. The van der Waals surface area contributed by atoms with E-state index in [1.807, 2.05) is 45.0 Å². The van der Waals surface area contributed by atoms with Gasteiger partial charge in [-0.2, -0.15) is 0 Å². The number of carbonyl (C=O) groups is 3. The number of piperidine rings is 1. The fraction of sp³-hybridized carbons (Fsp3) is 0.435. The molecular weight excluding hydrogens is 444 g/mol. The molecule has 1 aromatic heterocycles. The maximum absolute atomic E-state index is 13.3. The second-order valence-corrected chi connectivity index (χ2v) is 10.1. The molecule has 3 rings (SSSR count). The van der Waals surface area contributed by atoms with Crippen LogP contribution in [-0.2, 0) is 0 Å². The molecule has 0 bridgehead atoms. The molecule has 1 aliphatic heterocycles. The second-order valence-electron chi connectivity index (χ2n) is 9.08. The maximum atomic E-state index is 13.3. The Morgan fingerprint density at radius 3 is 2.58 bits per heavy atom. The SMILES string of the molecule is COc1cccc(-c2cc(C(=O)N[C@H]3CCCN(C(=O)O)C3C(C)(C)C)c(NC(N)=O)s2)c1. The third-order valence-corrected chi connectivity index (χ3v) is 6.75. The minimum Gasteiger partial charge on any atom is -0.497 e. The van der Waals surface area contributed by atoms with E-state index in [1.54, 1.807) is 13.2 Å². The number of rotatable bonds is 5. The van der Waals surface area contributed by atoms with E-state index in [1.165, 1.54) is 16.2 Å². The van der Waals surface area contributed by atoms with Crippen molar-refractivity contribution in [1.29, 1.82) is 0 Å². The van der Waals surface area contributed by atoms with Crippen molar-refractivity contribution in [1.82, 2.24) is 10.2 Å². The molecule has 178 valence electrons. The van der Waals surface area contributed by atoms with Crippen molar-refractivity contribution in [3.8, 4) is 16.2 Å². The lowest BCUT2D eigenvalue weighted by Gasteiger charge is -2.46. The van der Waals surface area contributed by atoms with Crippen LogP contribution in [0.15, 0.2) is 30.3 Å². The van der Waals surface area contributed by atoms with Crippen molar-refractivity contribution in [2.75, 3.05) is 19.0 Å². The number of nitrogens with two attached hydrogens (primary N) is 1. The van der Waals surface area contributed by atoms with Gasteiger partial charge < -0.3 is 25.8 Å². The van der Waals surface area contributed by atoms with E-state index in [-0.39, 0.29) is 17.0 Å². The number of hydrogen-bond donors (Lipinski definition) is 4. The molecule has 4 amide bonds. The number of amides is 4. The molecule has 2 atom stereocenters. The molecule has 2 heterocycles. The molecule has 33 heavy (non-hydrogen) atoms. The Balaban J connectivity index is 1.94. The molecule has 1 aliphatic rings. The lowest BCUT2D eigenvalue weighted by atomic mass is 9.77. The lowest BCUT2D eigenvalue weighted by molar-refractivity contribution is 0.0359. The Hall–Kier alpha value is -3.27. The average Bonchev–Trinajstić information content (AvgIpc) is 3.16. The Labute approximate surface area is 196 Å². The predicted molar refractivity (Wildman–Crippen MR) is 128 cm³/mol. The van der Waals surface area contributed by atoms with Crippen LogP contribution >= 0.6 is 11.3 Å². The van der Waals surface area contributed by atoms with Gasteiger partial charge in [0.05, 0.1) is 24.8 Å². The van der Waals surface area contributed by atoms with Crippen LogP contribution in [-0.4, -0.2) is 53.8 Å². The van der Waals surface area contributed by atoms with E-state index in [0.29, 0.717) is 30.1 Å². The first-order chi connectivity index (χ1) is 15.5. The molecule has 1 saturated heterocycles. The molecule has 1 fully saturated rings. The zero-order chi connectivity index (χ0) is 24.3.